The van der Waals surface area contributed by atoms with Crippen molar-refractivity contribution in [3.8, 4) is 0 Å². The molecule has 0 fully saturated rings. The fraction of sp³-hybridized carbons (Fsp3) is 0.500. The maximum Gasteiger partial charge on any atom is 0.0962 e. The van der Waals surface area contributed by atoms with E-state index in [1.165, 1.54) is 5.56 Å². The molecule has 1 heterocycles. The van der Waals surface area contributed by atoms with Crippen molar-refractivity contribution in [1.82, 2.24) is 4.98 Å². The molecule has 72 valence electrons. The highest BCUT2D eigenvalue weighted by molar-refractivity contribution is 7.99. The van der Waals surface area contributed by atoms with Crippen LogP contribution < -0.4 is 0 Å². The van der Waals surface area contributed by atoms with Gasteiger partial charge in [0.05, 0.1) is 5.03 Å². The Kier molecular flexibility index (Phi) is 4.25. The summed E-state index contributed by atoms with van der Waals surface area (Å²) >= 11 is 1.71. The van der Waals surface area contributed by atoms with Crippen LogP contribution in [-0.4, -0.2) is 21.9 Å². The summed E-state index contributed by atoms with van der Waals surface area (Å²) in [4.78, 5) is 4.28. The molecule has 0 aliphatic heterocycles. The molecule has 1 N–H and O–H groups in total. The van der Waals surface area contributed by atoms with Crippen LogP contribution >= 0.6 is 11.8 Å². The molecule has 2 nitrogen and oxygen atoms in total. The molecule has 0 saturated carbocycles. The van der Waals surface area contributed by atoms with Crippen molar-refractivity contribution in [3.63, 3.8) is 0 Å². The number of rotatable bonds is 4. The second-order valence-electron chi connectivity index (χ2n) is 3.11. The fourth-order valence-electron chi connectivity index (χ4n) is 0.971. The number of aliphatic hydroxyl groups is 1. The van der Waals surface area contributed by atoms with Gasteiger partial charge in [0, 0.05) is 18.1 Å². The first-order valence-electron chi connectivity index (χ1n) is 4.42. The van der Waals surface area contributed by atoms with E-state index in [4.69, 9.17) is 5.11 Å². The van der Waals surface area contributed by atoms with Gasteiger partial charge in [-0.05, 0) is 25.0 Å². The van der Waals surface area contributed by atoms with Gasteiger partial charge in [-0.15, -0.1) is 11.8 Å². The summed E-state index contributed by atoms with van der Waals surface area (Å²) in [7, 11) is 0. The maximum absolute atomic E-state index is 8.73. The summed E-state index contributed by atoms with van der Waals surface area (Å²) in [6, 6.07) is 4.08. The molecule has 0 radical (unpaired) electrons. The lowest BCUT2D eigenvalue weighted by Gasteiger charge is -2.07. The number of hydrogen-bond acceptors (Lipinski definition) is 3. The second-order valence-corrected chi connectivity index (χ2v) is 4.57. The minimum Gasteiger partial charge on any atom is -0.396 e. The van der Waals surface area contributed by atoms with Gasteiger partial charge < -0.3 is 5.11 Å². The first kappa shape index (κ1) is 10.5. The molecule has 13 heavy (non-hydrogen) atoms. The highest BCUT2D eigenvalue weighted by atomic mass is 32.2. The Morgan fingerprint density at radius 3 is 2.85 bits per heavy atom. The van der Waals surface area contributed by atoms with Crippen molar-refractivity contribution in [2.45, 2.75) is 30.5 Å². The molecule has 0 aromatic carbocycles. The van der Waals surface area contributed by atoms with E-state index >= 15 is 0 Å². The van der Waals surface area contributed by atoms with Crippen molar-refractivity contribution < 1.29 is 5.11 Å². The van der Waals surface area contributed by atoms with Gasteiger partial charge in [0.2, 0.25) is 0 Å². The highest BCUT2D eigenvalue weighted by Crippen LogP contribution is 2.22. The van der Waals surface area contributed by atoms with Gasteiger partial charge in [-0.3, -0.25) is 0 Å². The molecule has 3 heteroatoms. The molecule has 0 aliphatic rings. The number of nitrogens with zero attached hydrogens (tertiary/aromatic N) is 1. The van der Waals surface area contributed by atoms with Crippen molar-refractivity contribution >= 4 is 11.8 Å². The molecule has 0 aliphatic carbocycles. The lowest BCUT2D eigenvalue weighted by molar-refractivity contribution is 0.289. The zero-order valence-electron chi connectivity index (χ0n) is 8.03. The van der Waals surface area contributed by atoms with E-state index in [9.17, 15) is 0 Å². The van der Waals surface area contributed by atoms with Gasteiger partial charge in [0.25, 0.3) is 0 Å². The Hall–Kier alpha value is -0.540. The van der Waals surface area contributed by atoms with E-state index in [2.05, 4.69) is 18.0 Å². The molecule has 0 bridgehead atoms. The molecule has 0 saturated heterocycles. The normalized spacial score (nSPS) is 12.8. The largest absolute Gasteiger partial charge is 0.396 e. The monoisotopic (exact) mass is 197 g/mol. The van der Waals surface area contributed by atoms with Crippen molar-refractivity contribution in [1.29, 1.82) is 0 Å². The molecule has 1 aromatic heterocycles. The quantitative estimate of drug-likeness (QED) is 0.752. The summed E-state index contributed by atoms with van der Waals surface area (Å²) in [6.07, 6.45) is 2.69. The number of aromatic nitrogens is 1. The topological polar surface area (TPSA) is 33.1 Å². The molecular formula is C10H15NOS. The molecular weight excluding hydrogens is 182 g/mol. The predicted molar refractivity (Wildman–Crippen MR) is 56.0 cm³/mol. The van der Waals surface area contributed by atoms with Crippen LogP contribution in [0.25, 0.3) is 0 Å². The van der Waals surface area contributed by atoms with Crippen molar-refractivity contribution in [3.05, 3.63) is 23.9 Å². The van der Waals surface area contributed by atoms with Crippen LogP contribution in [0, 0.1) is 6.92 Å². The van der Waals surface area contributed by atoms with E-state index in [1.807, 2.05) is 19.2 Å². The van der Waals surface area contributed by atoms with Gasteiger partial charge in [0.1, 0.15) is 0 Å². The minimum absolute atomic E-state index is 0.250. The van der Waals surface area contributed by atoms with E-state index < -0.39 is 0 Å². The molecule has 1 unspecified atom stereocenters. The lowest BCUT2D eigenvalue weighted by atomic mass is 10.3. The SMILES string of the molecule is Cc1ccc(SC(C)CCO)nc1. The zero-order chi connectivity index (χ0) is 9.68. The summed E-state index contributed by atoms with van der Waals surface area (Å²) in [5, 5.41) is 10.2. The average molecular weight is 197 g/mol. The number of thioether (sulfide) groups is 1. The summed E-state index contributed by atoms with van der Waals surface area (Å²) < 4.78 is 0. The Labute approximate surface area is 83.4 Å². The fourth-order valence-corrected chi connectivity index (χ4v) is 1.87. The van der Waals surface area contributed by atoms with Crippen molar-refractivity contribution in [2.24, 2.45) is 0 Å². The maximum atomic E-state index is 8.73. The first-order chi connectivity index (χ1) is 6.22. The van der Waals surface area contributed by atoms with Crippen LogP contribution in [0.3, 0.4) is 0 Å². The minimum atomic E-state index is 0.250. The third-order valence-electron chi connectivity index (χ3n) is 1.74. The Bertz CT molecular complexity index is 248. The van der Waals surface area contributed by atoms with E-state index in [0.717, 1.165) is 11.4 Å². The summed E-state index contributed by atoms with van der Waals surface area (Å²) in [5.74, 6) is 0. The first-order valence-corrected chi connectivity index (χ1v) is 5.30. The van der Waals surface area contributed by atoms with E-state index in [-0.39, 0.29) is 6.61 Å². The summed E-state index contributed by atoms with van der Waals surface area (Å²) in [6.45, 7) is 4.38. The molecule has 0 amide bonds. The highest BCUT2D eigenvalue weighted by Gasteiger charge is 2.03. The van der Waals surface area contributed by atoms with Gasteiger partial charge in [-0.25, -0.2) is 4.98 Å². The Balaban J connectivity index is 2.49. The van der Waals surface area contributed by atoms with E-state index in [0.29, 0.717) is 5.25 Å². The van der Waals surface area contributed by atoms with Crippen LogP contribution in [0.2, 0.25) is 0 Å². The second kappa shape index (κ2) is 5.25. The standard InChI is InChI=1S/C10H15NOS/c1-8-3-4-10(11-7-8)13-9(2)5-6-12/h3-4,7,9,12H,5-6H2,1-2H3. The number of pyridine rings is 1. The van der Waals surface area contributed by atoms with Crippen LogP contribution in [0.15, 0.2) is 23.4 Å². The van der Waals surface area contributed by atoms with Crippen LogP contribution in [0.5, 0.6) is 0 Å². The van der Waals surface area contributed by atoms with Gasteiger partial charge in [0.15, 0.2) is 0 Å². The smallest absolute Gasteiger partial charge is 0.0962 e. The molecule has 0 spiro atoms. The van der Waals surface area contributed by atoms with E-state index in [1.54, 1.807) is 11.8 Å². The third-order valence-corrected chi connectivity index (χ3v) is 2.86. The van der Waals surface area contributed by atoms with Crippen LogP contribution in [0.1, 0.15) is 18.9 Å². The lowest BCUT2D eigenvalue weighted by Crippen LogP contribution is -1.99. The summed E-state index contributed by atoms with van der Waals surface area (Å²) in [5.41, 5.74) is 1.18. The van der Waals surface area contributed by atoms with Crippen LogP contribution in [0.4, 0.5) is 0 Å². The Morgan fingerprint density at radius 1 is 1.54 bits per heavy atom. The number of aryl methyl sites for hydroxylation is 1. The number of hydrogen-bond donors (Lipinski definition) is 1. The van der Waals surface area contributed by atoms with Gasteiger partial charge in [-0.1, -0.05) is 13.0 Å². The molecule has 1 rings (SSSR count). The average Bonchev–Trinajstić information content (AvgIpc) is 2.09. The molecule has 1 atom stereocenters. The van der Waals surface area contributed by atoms with Crippen LogP contribution in [-0.2, 0) is 0 Å². The molecule has 1 aromatic rings. The number of aliphatic hydroxyl groups excluding tert-OH is 1. The van der Waals surface area contributed by atoms with Crippen molar-refractivity contribution in [2.75, 3.05) is 6.61 Å². The third kappa shape index (κ3) is 3.79. The predicted octanol–water partition coefficient (Wildman–Crippen LogP) is 2.25. The van der Waals surface area contributed by atoms with Gasteiger partial charge >= 0.3 is 0 Å². The Morgan fingerprint density at radius 2 is 2.31 bits per heavy atom. The zero-order valence-corrected chi connectivity index (χ0v) is 8.84. The van der Waals surface area contributed by atoms with Gasteiger partial charge in [-0.2, -0.15) is 0 Å².